The van der Waals surface area contributed by atoms with Crippen LogP contribution in [0.2, 0.25) is 0 Å². The molecule has 0 aliphatic heterocycles. The van der Waals surface area contributed by atoms with Crippen LogP contribution in [0.5, 0.6) is 0 Å². The van der Waals surface area contributed by atoms with Gasteiger partial charge in [-0.15, -0.1) is 12.4 Å². The third-order valence-corrected chi connectivity index (χ3v) is 1.63. The largest absolute Gasteiger partial charge is 0.480 e. The number of carbonyl (C=O) groups excluding carboxylic acids is 1. The van der Waals surface area contributed by atoms with Gasteiger partial charge in [0.15, 0.2) is 0 Å². The summed E-state index contributed by atoms with van der Waals surface area (Å²) in [6.07, 6.45) is 1.93. The van der Waals surface area contributed by atoms with E-state index in [9.17, 15) is 9.59 Å². The number of carbonyl (C=O) groups is 2. The summed E-state index contributed by atoms with van der Waals surface area (Å²) in [5, 5.41) is 11.1. The number of halogens is 1. The average molecular weight is 225 g/mol. The summed E-state index contributed by atoms with van der Waals surface area (Å²) in [6.45, 7) is 2.03. The molecule has 0 saturated carbocycles. The molecular weight excluding hydrogens is 208 g/mol. The summed E-state index contributed by atoms with van der Waals surface area (Å²) in [5.41, 5.74) is 5.27. The van der Waals surface area contributed by atoms with Crippen LogP contribution in [-0.2, 0) is 9.59 Å². The lowest BCUT2D eigenvalue weighted by Gasteiger charge is -2.05. The molecule has 0 spiro atoms. The Kier molecular flexibility index (Phi) is 9.81. The molecule has 6 heteroatoms. The Bertz CT molecular complexity index is 187. The van der Waals surface area contributed by atoms with Crippen LogP contribution in [-0.4, -0.2) is 29.6 Å². The molecule has 0 radical (unpaired) electrons. The fraction of sp³-hybridized carbons (Fsp3) is 0.750. The van der Waals surface area contributed by atoms with Gasteiger partial charge >= 0.3 is 5.97 Å². The molecule has 1 amide bonds. The average Bonchev–Trinajstić information content (AvgIpc) is 2.02. The predicted octanol–water partition coefficient (Wildman–Crippen LogP) is 0.126. The van der Waals surface area contributed by atoms with Crippen LogP contribution in [0.25, 0.3) is 0 Å². The Morgan fingerprint density at radius 1 is 1.43 bits per heavy atom. The number of nitrogens with two attached hydrogens (primary N) is 1. The Labute approximate surface area is 89.5 Å². The summed E-state index contributed by atoms with van der Waals surface area (Å²) in [5.74, 6) is -1.04. The summed E-state index contributed by atoms with van der Waals surface area (Å²) in [4.78, 5) is 20.7. The molecule has 0 rings (SSSR count). The molecule has 0 aromatic carbocycles. The Hall–Kier alpha value is -0.810. The highest BCUT2D eigenvalue weighted by atomic mass is 35.5. The maximum atomic E-state index is 10.4. The van der Waals surface area contributed by atoms with E-state index in [4.69, 9.17) is 10.8 Å². The van der Waals surface area contributed by atoms with Crippen molar-refractivity contribution in [2.75, 3.05) is 6.54 Å². The third-order valence-electron chi connectivity index (χ3n) is 1.63. The number of hydrogen-bond acceptors (Lipinski definition) is 3. The van der Waals surface area contributed by atoms with E-state index in [0.29, 0.717) is 19.4 Å². The first-order valence-electron chi connectivity index (χ1n) is 4.27. The SMILES string of the molecule is CC(=O)NCCCC[C@@H](N)C(=O)O.Cl. The van der Waals surface area contributed by atoms with Gasteiger partial charge in [-0.2, -0.15) is 0 Å². The van der Waals surface area contributed by atoms with Gasteiger partial charge in [0.05, 0.1) is 0 Å². The zero-order valence-electron chi connectivity index (χ0n) is 8.16. The van der Waals surface area contributed by atoms with Gasteiger partial charge in [0.25, 0.3) is 0 Å². The van der Waals surface area contributed by atoms with E-state index in [1.165, 1.54) is 6.92 Å². The standard InChI is InChI=1S/C8H16N2O3.ClH/c1-6(11)10-5-3-2-4-7(9)8(12)13;/h7H,2-5,9H2,1H3,(H,10,11)(H,12,13);1H/t7-;/m1./s1. The van der Waals surface area contributed by atoms with Gasteiger partial charge in [0.2, 0.25) is 5.91 Å². The molecule has 0 fully saturated rings. The monoisotopic (exact) mass is 224 g/mol. The van der Waals surface area contributed by atoms with E-state index in [1.54, 1.807) is 0 Å². The molecule has 1 atom stereocenters. The molecule has 0 unspecified atom stereocenters. The number of unbranched alkanes of at least 4 members (excludes halogenated alkanes) is 1. The van der Waals surface area contributed by atoms with Crippen LogP contribution in [0.4, 0.5) is 0 Å². The number of rotatable bonds is 6. The van der Waals surface area contributed by atoms with Crippen molar-refractivity contribution >= 4 is 24.3 Å². The molecule has 0 aromatic heterocycles. The highest BCUT2D eigenvalue weighted by Crippen LogP contribution is 1.97. The molecule has 84 valence electrons. The number of carboxylic acid groups (broad SMARTS) is 1. The Morgan fingerprint density at radius 3 is 2.43 bits per heavy atom. The number of aliphatic carboxylic acids is 1. The van der Waals surface area contributed by atoms with Crippen LogP contribution >= 0.6 is 12.4 Å². The van der Waals surface area contributed by atoms with Crippen molar-refractivity contribution in [1.29, 1.82) is 0 Å². The minimum absolute atomic E-state index is 0. The molecule has 0 saturated heterocycles. The van der Waals surface area contributed by atoms with Crippen LogP contribution in [0.3, 0.4) is 0 Å². The highest BCUT2D eigenvalue weighted by Gasteiger charge is 2.09. The molecule has 0 aliphatic carbocycles. The van der Waals surface area contributed by atoms with Crippen molar-refractivity contribution in [1.82, 2.24) is 5.32 Å². The van der Waals surface area contributed by atoms with E-state index in [2.05, 4.69) is 5.32 Å². The Balaban J connectivity index is 0. The van der Waals surface area contributed by atoms with Gasteiger partial charge in [-0.3, -0.25) is 9.59 Å². The van der Waals surface area contributed by atoms with Gasteiger partial charge < -0.3 is 16.2 Å². The maximum absolute atomic E-state index is 10.4. The normalized spacial score (nSPS) is 11.3. The van der Waals surface area contributed by atoms with Gasteiger partial charge in [-0.25, -0.2) is 0 Å². The first kappa shape index (κ1) is 15.7. The molecule has 0 heterocycles. The van der Waals surface area contributed by atoms with Crippen molar-refractivity contribution in [2.45, 2.75) is 32.2 Å². The molecule has 0 aliphatic rings. The van der Waals surface area contributed by atoms with Crippen molar-refractivity contribution in [2.24, 2.45) is 5.73 Å². The molecule has 14 heavy (non-hydrogen) atoms. The second-order valence-corrected chi connectivity index (χ2v) is 2.92. The fourth-order valence-corrected chi connectivity index (χ4v) is 0.877. The van der Waals surface area contributed by atoms with Gasteiger partial charge in [-0.05, 0) is 19.3 Å². The summed E-state index contributed by atoms with van der Waals surface area (Å²) < 4.78 is 0. The quantitative estimate of drug-likeness (QED) is 0.559. The van der Waals surface area contributed by atoms with E-state index >= 15 is 0 Å². The van der Waals surface area contributed by atoms with E-state index in [0.717, 1.165) is 6.42 Å². The van der Waals surface area contributed by atoms with E-state index in [-0.39, 0.29) is 18.3 Å². The number of nitrogens with one attached hydrogen (secondary N) is 1. The lowest BCUT2D eigenvalue weighted by atomic mass is 10.1. The minimum Gasteiger partial charge on any atom is -0.480 e. The van der Waals surface area contributed by atoms with Gasteiger partial charge in [-0.1, -0.05) is 0 Å². The second kappa shape index (κ2) is 8.77. The van der Waals surface area contributed by atoms with E-state index < -0.39 is 12.0 Å². The summed E-state index contributed by atoms with van der Waals surface area (Å²) in [6, 6.07) is -0.780. The second-order valence-electron chi connectivity index (χ2n) is 2.92. The van der Waals surface area contributed by atoms with E-state index in [1.807, 2.05) is 0 Å². The van der Waals surface area contributed by atoms with Crippen molar-refractivity contribution < 1.29 is 14.7 Å². The number of carboxylic acids is 1. The highest BCUT2D eigenvalue weighted by molar-refractivity contribution is 5.85. The molecular formula is C8H17ClN2O3. The number of amides is 1. The summed E-state index contributed by atoms with van der Waals surface area (Å²) >= 11 is 0. The smallest absolute Gasteiger partial charge is 0.320 e. The predicted molar refractivity (Wildman–Crippen MR) is 55.4 cm³/mol. The lowest BCUT2D eigenvalue weighted by molar-refractivity contribution is -0.138. The van der Waals surface area contributed by atoms with Crippen LogP contribution in [0, 0.1) is 0 Å². The number of hydrogen-bond donors (Lipinski definition) is 3. The molecule has 5 nitrogen and oxygen atoms in total. The first-order valence-corrected chi connectivity index (χ1v) is 4.27. The molecule has 0 aromatic rings. The zero-order valence-corrected chi connectivity index (χ0v) is 8.97. The van der Waals surface area contributed by atoms with Crippen molar-refractivity contribution in [3.05, 3.63) is 0 Å². The van der Waals surface area contributed by atoms with Crippen molar-refractivity contribution in [3.8, 4) is 0 Å². The Morgan fingerprint density at radius 2 is 2.00 bits per heavy atom. The third kappa shape index (κ3) is 9.28. The van der Waals surface area contributed by atoms with Crippen LogP contribution in [0.15, 0.2) is 0 Å². The van der Waals surface area contributed by atoms with Crippen molar-refractivity contribution in [3.63, 3.8) is 0 Å². The van der Waals surface area contributed by atoms with Crippen LogP contribution < -0.4 is 11.1 Å². The topological polar surface area (TPSA) is 92.4 Å². The minimum atomic E-state index is -0.973. The lowest BCUT2D eigenvalue weighted by Crippen LogP contribution is -2.30. The van der Waals surface area contributed by atoms with Gasteiger partial charge in [0.1, 0.15) is 6.04 Å². The summed E-state index contributed by atoms with van der Waals surface area (Å²) in [7, 11) is 0. The molecule has 0 bridgehead atoms. The molecule has 4 N–H and O–H groups in total. The van der Waals surface area contributed by atoms with Crippen LogP contribution in [0.1, 0.15) is 26.2 Å². The van der Waals surface area contributed by atoms with Gasteiger partial charge in [0, 0.05) is 13.5 Å². The first-order chi connectivity index (χ1) is 6.04. The maximum Gasteiger partial charge on any atom is 0.320 e. The zero-order chi connectivity index (χ0) is 10.3. The fourth-order valence-electron chi connectivity index (χ4n) is 0.877.